The highest BCUT2D eigenvalue weighted by Crippen LogP contribution is 2.09. The summed E-state index contributed by atoms with van der Waals surface area (Å²) in [7, 11) is 1.24. The van der Waals surface area contributed by atoms with Crippen molar-refractivity contribution in [2.45, 2.75) is 44.7 Å². The van der Waals surface area contributed by atoms with Gasteiger partial charge in [0.05, 0.1) is 7.11 Å². The van der Waals surface area contributed by atoms with Crippen LogP contribution in [0.4, 0.5) is 4.39 Å². The van der Waals surface area contributed by atoms with Crippen LogP contribution in [0.25, 0.3) is 0 Å². The number of halogens is 1. The van der Waals surface area contributed by atoms with Gasteiger partial charge >= 0.3 is 5.97 Å². The van der Waals surface area contributed by atoms with E-state index in [1.54, 1.807) is 12.1 Å². The molecule has 2 N–H and O–H groups in total. The maximum absolute atomic E-state index is 13.4. The van der Waals surface area contributed by atoms with Crippen molar-refractivity contribution in [2.75, 3.05) is 7.11 Å². The minimum atomic E-state index is -0.930. The fourth-order valence-electron chi connectivity index (χ4n) is 2.48. The number of hydrogen-bond acceptors (Lipinski definition) is 4. The molecule has 0 radical (unpaired) electrons. The van der Waals surface area contributed by atoms with Crippen LogP contribution < -0.4 is 10.6 Å². The zero-order valence-corrected chi connectivity index (χ0v) is 15.1. The Bertz CT molecular complexity index is 648. The molecular formula is C19H25FN2O4. The monoisotopic (exact) mass is 364 g/mol. The third-order valence-corrected chi connectivity index (χ3v) is 3.73. The number of carbonyl (C=O) groups is 3. The fraction of sp³-hybridized carbons (Fsp3) is 0.421. The van der Waals surface area contributed by atoms with E-state index in [9.17, 15) is 18.8 Å². The van der Waals surface area contributed by atoms with Crippen LogP contribution in [-0.4, -0.2) is 37.0 Å². The lowest BCUT2D eigenvalue weighted by Crippen LogP contribution is -2.52. The Kier molecular flexibility index (Phi) is 9.05. The Labute approximate surface area is 152 Å². The van der Waals surface area contributed by atoms with Gasteiger partial charge in [-0.1, -0.05) is 18.2 Å². The van der Waals surface area contributed by atoms with E-state index in [1.807, 2.05) is 0 Å². The molecule has 142 valence electrons. The second-order valence-electron chi connectivity index (χ2n) is 5.89. The Morgan fingerprint density at radius 1 is 1.27 bits per heavy atom. The van der Waals surface area contributed by atoms with Crippen LogP contribution in [0.3, 0.4) is 0 Å². The molecule has 26 heavy (non-hydrogen) atoms. The third-order valence-electron chi connectivity index (χ3n) is 3.73. The van der Waals surface area contributed by atoms with Gasteiger partial charge in [-0.15, -0.1) is 6.58 Å². The van der Waals surface area contributed by atoms with Gasteiger partial charge in [0.1, 0.15) is 17.9 Å². The zero-order chi connectivity index (χ0) is 19.5. The molecule has 0 saturated heterocycles. The zero-order valence-electron chi connectivity index (χ0n) is 15.1. The smallest absolute Gasteiger partial charge is 0.328 e. The average molecular weight is 364 g/mol. The summed E-state index contributed by atoms with van der Waals surface area (Å²) in [6.45, 7) is 4.90. The van der Waals surface area contributed by atoms with Crippen LogP contribution in [-0.2, 0) is 25.5 Å². The summed E-state index contributed by atoms with van der Waals surface area (Å²) in [6.07, 6.45) is 3.56. The molecule has 0 spiro atoms. The first-order chi connectivity index (χ1) is 12.4. The number of carbonyl (C=O) groups excluding carboxylic acids is 3. The number of nitrogens with one attached hydrogen (secondary N) is 2. The number of ether oxygens (including phenoxy) is 1. The number of methoxy groups -OCH3 is 1. The SMILES string of the molecule is C=CCCC[C@H](NC(=O)[C@@H](Cc1cccc(F)c1)NC(C)=O)C(=O)OC. The first-order valence-corrected chi connectivity index (χ1v) is 8.38. The molecule has 0 saturated carbocycles. The maximum atomic E-state index is 13.4. The normalized spacial score (nSPS) is 12.6. The van der Waals surface area contributed by atoms with Gasteiger partial charge in [-0.25, -0.2) is 9.18 Å². The molecular weight excluding hydrogens is 339 g/mol. The van der Waals surface area contributed by atoms with Gasteiger partial charge in [0.15, 0.2) is 0 Å². The highest BCUT2D eigenvalue weighted by atomic mass is 19.1. The van der Waals surface area contributed by atoms with Crippen molar-refractivity contribution in [1.29, 1.82) is 0 Å². The molecule has 1 aromatic rings. The number of hydrogen-bond donors (Lipinski definition) is 2. The molecule has 2 amide bonds. The minimum Gasteiger partial charge on any atom is -0.467 e. The number of benzene rings is 1. The van der Waals surface area contributed by atoms with Crippen LogP contribution in [0.1, 0.15) is 31.7 Å². The van der Waals surface area contributed by atoms with Gasteiger partial charge in [0.25, 0.3) is 0 Å². The molecule has 6 nitrogen and oxygen atoms in total. The van der Waals surface area contributed by atoms with E-state index in [4.69, 9.17) is 4.74 Å². The van der Waals surface area contributed by atoms with E-state index in [0.717, 1.165) is 0 Å². The van der Waals surface area contributed by atoms with Gasteiger partial charge in [0, 0.05) is 13.3 Å². The van der Waals surface area contributed by atoms with Gasteiger partial charge in [-0.2, -0.15) is 0 Å². The van der Waals surface area contributed by atoms with Crippen LogP contribution in [0.5, 0.6) is 0 Å². The van der Waals surface area contributed by atoms with Crippen LogP contribution in [0, 0.1) is 5.82 Å². The van der Waals surface area contributed by atoms with Crippen molar-refractivity contribution < 1.29 is 23.5 Å². The van der Waals surface area contributed by atoms with Gasteiger partial charge in [0.2, 0.25) is 11.8 Å². The fourth-order valence-corrected chi connectivity index (χ4v) is 2.48. The van der Waals surface area contributed by atoms with Crippen LogP contribution in [0.2, 0.25) is 0 Å². The molecule has 0 aromatic heterocycles. The van der Waals surface area contributed by atoms with E-state index >= 15 is 0 Å². The topological polar surface area (TPSA) is 84.5 Å². The summed E-state index contributed by atoms with van der Waals surface area (Å²) in [4.78, 5) is 35.9. The molecule has 1 aromatic carbocycles. The first kappa shape index (κ1) is 21.3. The van der Waals surface area contributed by atoms with E-state index in [1.165, 1.54) is 32.2 Å². The molecule has 7 heteroatoms. The number of amides is 2. The van der Waals surface area contributed by atoms with E-state index in [-0.39, 0.29) is 6.42 Å². The lowest BCUT2D eigenvalue weighted by molar-refractivity contribution is -0.145. The van der Waals surface area contributed by atoms with E-state index in [0.29, 0.717) is 24.8 Å². The summed E-state index contributed by atoms with van der Waals surface area (Å²) in [6, 6.07) is 4.03. The Morgan fingerprint density at radius 2 is 2.00 bits per heavy atom. The van der Waals surface area contributed by atoms with Crippen molar-refractivity contribution in [2.24, 2.45) is 0 Å². The van der Waals surface area contributed by atoms with Crippen molar-refractivity contribution in [1.82, 2.24) is 10.6 Å². The summed E-state index contributed by atoms with van der Waals surface area (Å²) < 4.78 is 18.1. The molecule has 0 aliphatic heterocycles. The molecule has 0 heterocycles. The Morgan fingerprint density at radius 3 is 2.58 bits per heavy atom. The highest BCUT2D eigenvalue weighted by molar-refractivity contribution is 5.90. The summed E-state index contributed by atoms with van der Waals surface area (Å²) >= 11 is 0. The number of unbranched alkanes of at least 4 members (excludes halogenated alkanes) is 1. The number of allylic oxidation sites excluding steroid dienone is 1. The van der Waals surface area contributed by atoms with Gasteiger partial charge in [-0.05, 0) is 37.0 Å². The van der Waals surface area contributed by atoms with Crippen molar-refractivity contribution in [3.63, 3.8) is 0 Å². The Hall–Kier alpha value is -2.70. The summed E-state index contributed by atoms with van der Waals surface area (Å²) in [5.74, 6) is -1.92. The first-order valence-electron chi connectivity index (χ1n) is 8.38. The Balaban J connectivity index is 2.86. The van der Waals surface area contributed by atoms with E-state index in [2.05, 4.69) is 17.2 Å². The van der Waals surface area contributed by atoms with Crippen LogP contribution >= 0.6 is 0 Å². The third kappa shape index (κ3) is 7.46. The molecule has 0 aliphatic rings. The van der Waals surface area contributed by atoms with Crippen molar-refractivity contribution in [3.05, 3.63) is 48.3 Å². The lowest BCUT2D eigenvalue weighted by Gasteiger charge is -2.22. The molecule has 0 aliphatic carbocycles. The predicted molar refractivity (Wildman–Crippen MR) is 95.7 cm³/mol. The van der Waals surface area contributed by atoms with Crippen LogP contribution in [0.15, 0.2) is 36.9 Å². The van der Waals surface area contributed by atoms with Gasteiger partial charge in [-0.3, -0.25) is 9.59 Å². The minimum absolute atomic E-state index is 0.101. The predicted octanol–water partition coefficient (Wildman–Crippen LogP) is 1.89. The maximum Gasteiger partial charge on any atom is 0.328 e. The molecule has 0 fully saturated rings. The largest absolute Gasteiger partial charge is 0.467 e. The van der Waals surface area contributed by atoms with Crippen molar-refractivity contribution in [3.8, 4) is 0 Å². The second-order valence-corrected chi connectivity index (χ2v) is 5.89. The molecule has 1 rings (SSSR count). The quantitative estimate of drug-likeness (QED) is 0.377. The molecule has 0 unspecified atom stereocenters. The highest BCUT2D eigenvalue weighted by Gasteiger charge is 2.26. The van der Waals surface area contributed by atoms with E-state index < -0.39 is 35.7 Å². The average Bonchev–Trinajstić information content (AvgIpc) is 2.59. The summed E-state index contributed by atoms with van der Waals surface area (Å²) in [5.41, 5.74) is 0.556. The molecule has 2 atom stereocenters. The second kappa shape index (κ2) is 11.0. The van der Waals surface area contributed by atoms with Gasteiger partial charge < -0.3 is 15.4 Å². The van der Waals surface area contributed by atoms with Crippen molar-refractivity contribution >= 4 is 17.8 Å². The summed E-state index contributed by atoms with van der Waals surface area (Å²) in [5, 5.41) is 5.15. The lowest BCUT2D eigenvalue weighted by atomic mass is 10.0. The standard InChI is InChI=1S/C19H25FN2O4/c1-4-5-6-10-16(19(25)26-3)22-18(24)17(21-13(2)23)12-14-8-7-9-15(20)11-14/h4,7-9,11,16-17H,1,5-6,10,12H2,2-3H3,(H,21,23)(H,22,24)/t16-,17+/m0/s1. The molecule has 0 bridgehead atoms. The number of rotatable bonds is 10. The number of esters is 1.